The monoisotopic (exact) mass is 327 g/mol. The van der Waals surface area contributed by atoms with Crippen LogP contribution in [0.25, 0.3) is 0 Å². The molecule has 0 aliphatic heterocycles. The standard InChI is InChI=1S/C18H21N3O3/c1-21(2)15-8-5-13(6-9-15)12-19-20-18(22)14-7-10-16(23-3)17(11-14)24-4/h5-12H,1-4H3,(H,20,22)/b19-12-. The molecule has 0 radical (unpaired) electrons. The predicted molar refractivity (Wildman–Crippen MR) is 95.4 cm³/mol. The van der Waals surface area contributed by atoms with E-state index in [0.29, 0.717) is 17.1 Å². The third-order valence-corrected chi connectivity index (χ3v) is 3.43. The number of hydrogen-bond donors (Lipinski definition) is 1. The fraction of sp³-hybridized carbons (Fsp3) is 0.222. The molecule has 24 heavy (non-hydrogen) atoms. The molecule has 0 fully saturated rings. The van der Waals surface area contributed by atoms with Crippen molar-refractivity contribution in [2.75, 3.05) is 33.2 Å². The maximum atomic E-state index is 12.1. The summed E-state index contributed by atoms with van der Waals surface area (Å²) in [5.74, 6) is 0.740. The normalized spacial score (nSPS) is 10.5. The first kappa shape index (κ1) is 17.3. The molecule has 0 spiro atoms. The second-order valence-electron chi connectivity index (χ2n) is 5.25. The average Bonchev–Trinajstić information content (AvgIpc) is 2.61. The van der Waals surface area contributed by atoms with Crippen LogP contribution in [-0.4, -0.2) is 40.4 Å². The fourth-order valence-corrected chi connectivity index (χ4v) is 2.07. The van der Waals surface area contributed by atoms with Gasteiger partial charge in [0.2, 0.25) is 0 Å². The summed E-state index contributed by atoms with van der Waals surface area (Å²) >= 11 is 0. The first-order valence-electron chi connectivity index (χ1n) is 7.38. The number of carbonyl (C=O) groups excluding carboxylic acids is 1. The van der Waals surface area contributed by atoms with Crippen molar-refractivity contribution >= 4 is 17.8 Å². The van der Waals surface area contributed by atoms with Gasteiger partial charge >= 0.3 is 0 Å². The van der Waals surface area contributed by atoms with Crippen LogP contribution in [0.15, 0.2) is 47.6 Å². The van der Waals surface area contributed by atoms with Crippen molar-refractivity contribution in [3.05, 3.63) is 53.6 Å². The fourth-order valence-electron chi connectivity index (χ4n) is 2.07. The summed E-state index contributed by atoms with van der Waals surface area (Å²) in [5, 5.41) is 3.98. The van der Waals surface area contributed by atoms with Crippen molar-refractivity contribution in [3.63, 3.8) is 0 Å². The first-order valence-corrected chi connectivity index (χ1v) is 7.38. The van der Waals surface area contributed by atoms with E-state index < -0.39 is 0 Å². The Bertz CT molecular complexity index is 725. The highest BCUT2D eigenvalue weighted by Crippen LogP contribution is 2.27. The predicted octanol–water partition coefficient (Wildman–Crippen LogP) is 2.53. The molecule has 6 heteroatoms. The Labute approximate surface area is 141 Å². The Hall–Kier alpha value is -3.02. The Morgan fingerprint density at radius 2 is 1.71 bits per heavy atom. The highest BCUT2D eigenvalue weighted by Gasteiger charge is 2.09. The minimum absolute atomic E-state index is 0.322. The first-order chi connectivity index (χ1) is 11.5. The molecule has 0 heterocycles. The number of benzene rings is 2. The molecular weight excluding hydrogens is 306 g/mol. The molecule has 0 atom stereocenters. The largest absolute Gasteiger partial charge is 0.493 e. The van der Waals surface area contributed by atoms with Crippen LogP contribution in [0, 0.1) is 0 Å². The Morgan fingerprint density at radius 3 is 2.29 bits per heavy atom. The molecule has 1 N–H and O–H groups in total. The SMILES string of the molecule is COc1ccc(C(=O)N/N=C\c2ccc(N(C)C)cc2)cc1OC. The van der Waals surface area contributed by atoms with E-state index in [1.165, 1.54) is 7.11 Å². The van der Waals surface area contributed by atoms with Gasteiger partial charge in [-0.25, -0.2) is 5.43 Å². The van der Waals surface area contributed by atoms with Crippen molar-refractivity contribution in [2.24, 2.45) is 5.10 Å². The van der Waals surface area contributed by atoms with Gasteiger partial charge in [-0.1, -0.05) is 12.1 Å². The van der Waals surface area contributed by atoms with E-state index in [4.69, 9.17) is 9.47 Å². The number of nitrogens with zero attached hydrogens (tertiary/aromatic N) is 2. The van der Waals surface area contributed by atoms with Gasteiger partial charge in [0.15, 0.2) is 11.5 Å². The molecular formula is C18H21N3O3. The molecule has 0 aromatic heterocycles. The maximum Gasteiger partial charge on any atom is 0.271 e. The molecule has 2 aromatic carbocycles. The van der Waals surface area contributed by atoms with Crippen LogP contribution in [0.2, 0.25) is 0 Å². The van der Waals surface area contributed by atoms with Crippen LogP contribution in [0.3, 0.4) is 0 Å². The number of anilines is 1. The van der Waals surface area contributed by atoms with Gasteiger partial charge in [0.05, 0.1) is 20.4 Å². The van der Waals surface area contributed by atoms with Crippen molar-refractivity contribution in [3.8, 4) is 11.5 Å². The number of hydrogen-bond acceptors (Lipinski definition) is 5. The number of hydrazone groups is 1. The third-order valence-electron chi connectivity index (χ3n) is 3.43. The quantitative estimate of drug-likeness (QED) is 0.654. The van der Waals surface area contributed by atoms with E-state index in [0.717, 1.165) is 11.3 Å². The molecule has 0 saturated heterocycles. The van der Waals surface area contributed by atoms with E-state index in [2.05, 4.69) is 10.5 Å². The van der Waals surface area contributed by atoms with Gasteiger partial charge in [-0.05, 0) is 35.9 Å². The molecule has 126 valence electrons. The molecule has 0 bridgehead atoms. The molecule has 6 nitrogen and oxygen atoms in total. The zero-order chi connectivity index (χ0) is 17.5. The second kappa shape index (κ2) is 8.01. The molecule has 0 aliphatic carbocycles. The van der Waals surface area contributed by atoms with Gasteiger partial charge in [0.1, 0.15) is 0 Å². The van der Waals surface area contributed by atoms with Crippen LogP contribution in [0.1, 0.15) is 15.9 Å². The summed E-state index contributed by atoms with van der Waals surface area (Å²) in [6.07, 6.45) is 1.60. The summed E-state index contributed by atoms with van der Waals surface area (Å²) in [6.45, 7) is 0. The van der Waals surface area contributed by atoms with Gasteiger partial charge < -0.3 is 14.4 Å². The Balaban J connectivity index is 2.02. The van der Waals surface area contributed by atoms with Gasteiger partial charge in [0.25, 0.3) is 5.91 Å². The maximum absolute atomic E-state index is 12.1. The lowest BCUT2D eigenvalue weighted by Gasteiger charge is -2.11. The molecule has 0 unspecified atom stereocenters. The molecule has 0 aliphatic rings. The highest BCUT2D eigenvalue weighted by molar-refractivity contribution is 5.95. The van der Waals surface area contributed by atoms with Gasteiger partial charge in [-0.2, -0.15) is 5.10 Å². The van der Waals surface area contributed by atoms with Gasteiger partial charge in [0, 0.05) is 25.3 Å². The van der Waals surface area contributed by atoms with Crippen LogP contribution in [-0.2, 0) is 0 Å². The highest BCUT2D eigenvalue weighted by atomic mass is 16.5. The number of rotatable bonds is 6. The smallest absolute Gasteiger partial charge is 0.271 e. The third kappa shape index (κ3) is 4.25. The zero-order valence-electron chi connectivity index (χ0n) is 14.2. The Kier molecular flexibility index (Phi) is 5.78. The zero-order valence-corrected chi connectivity index (χ0v) is 14.2. The second-order valence-corrected chi connectivity index (χ2v) is 5.25. The van der Waals surface area contributed by atoms with Gasteiger partial charge in [-0.3, -0.25) is 4.79 Å². The lowest BCUT2D eigenvalue weighted by atomic mass is 10.2. The summed E-state index contributed by atoms with van der Waals surface area (Å²) < 4.78 is 10.3. The lowest BCUT2D eigenvalue weighted by molar-refractivity contribution is 0.0954. The van der Waals surface area contributed by atoms with Crippen molar-refractivity contribution in [2.45, 2.75) is 0 Å². The van der Waals surface area contributed by atoms with E-state index in [9.17, 15) is 4.79 Å². The minimum atomic E-state index is -0.322. The lowest BCUT2D eigenvalue weighted by Crippen LogP contribution is -2.17. The number of amides is 1. The van der Waals surface area contributed by atoms with E-state index in [-0.39, 0.29) is 5.91 Å². The number of carbonyl (C=O) groups is 1. The van der Waals surface area contributed by atoms with E-state index >= 15 is 0 Å². The van der Waals surface area contributed by atoms with Crippen LogP contribution in [0.4, 0.5) is 5.69 Å². The summed E-state index contributed by atoms with van der Waals surface area (Å²) in [7, 11) is 7.03. The number of nitrogens with one attached hydrogen (secondary N) is 1. The molecule has 1 amide bonds. The summed E-state index contributed by atoms with van der Waals surface area (Å²) in [4.78, 5) is 14.1. The van der Waals surface area contributed by atoms with Gasteiger partial charge in [-0.15, -0.1) is 0 Å². The summed E-state index contributed by atoms with van der Waals surface area (Å²) in [5.41, 5.74) is 4.93. The van der Waals surface area contributed by atoms with Crippen LogP contribution >= 0.6 is 0 Å². The molecule has 2 rings (SSSR count). The van der Waals surface area contributed by atoms with Crippen molar-refractivity contribution in [1.29, 1.82) is 0 Å². The van der Waals surface area contributed by atoms with Crippen molar-refractivity contribution in [1.82, 2.24) is 5.43 Å². The minimum Gasteiger partial charge on any atom is -0.493 e. The molecule has 0 saturated carbocycles. The van der Waals surface area contributed by atoms with Crippen LogP contribution < -0.4 is 19.8 Å². The molecule has 2 aromatic rings. The van der Waals surface area contributed by atoms with Crippen LogP contribution in [0.5, 0.6) is 11.5 Å². The average molecular weight is 327 g/mol. The Morgan fingerprint density at radius 1 is 1.04 bits per heavy atom. The van der Waals surface area contributed by atoms with Crippen molar-refractivity contribution < 1.29 is 14.3 Å². The number of methoxy groups -OCH3 is 2. The number of ether oxygens (including phenoxy) is 2. The van der Waals surface area contributed by atoms with E-state index in [1.54, 1.807) is 31.5 Å². The van der Waals surface area contributed by atoms with E-state index in [1.807, 2.05) is 43.3 Å². The topological polar surface area (TPSA) is 63.2 Å². The summed E-state index contributed by atoms with van der Waals surface area (Å²) in [6, 6.07) is 12.8.